The lowest BCUT2D eigenvalue weighted by atomic mass is 9.94. The van der Waals surface area contributed by atoms with Crippen LogP contribution in [0.15, 0.2) is 60.7 Å². The molecule has 0 fully saturated rings. The largest absolute Gasteiger partial charge is 0.478 e. The molecular formula is C17H13NO2. The lowest BCUT2D eigenvalue weighted by molar-refractivity contribution is 0.0698. The molecule has 0 saturated carbocycles. The molecule has 98 valence electrons. The average molecular weight is 263 g/mol. The molecule has 0 amide bonds. The third kappa shape index (κ3) is 1.99. The fourth-order valence-electron chi connectivity index (χ4n) is 2.43. The maximum Gasteiger partial charge on any atom is 0.336 e. The maximum atomic E-state index is 11.4. The molecule has 0 radical (unpaired) electrons. The monoisotopic (exact) mass is 263 g/mol. The number of rotatable bonds is 2. The van der Waals surface area contributed by atoms with Gasteiger partial charge in [0.05, 0.1) is 5.56 Å². The average Bonchev–Trinajstić information content (AvgIpc) is 2.46. The SMILES string of the molecule is Nc1ccc(C(=O)O)c(-c2cccc3ccccc23)c1. The molecule has 3 heteroatoms. The van der Waals surface area contributed by atoms with Crippen LogP contribution in [0.3, 0.4) is 0 Å². The Balaban J connectivity index is 2.36. The van der Waals surface area contributed by atoms with Crippen LogP contribution in [0.2, 0.25) is 0 Å². The van der Waals surface area contributed by atoms with E-state index in [1.165, 1.54) is 0 Å². The second kappa shape index (κ2) is 4.70. The van der Waals surface area contributed by atoms with Gasteiger partial charge in [-0.2, -0.15) is 0 Å². The lowest BCUT2D eigenvalue weighted by Crippen LogP contribution is -2.01. The standard InChI is InChI=1S/C17H13NO2/c18-12-8-9-15(17(19)20)16(10-12)14-7-3-5-11-4-1-2-6-13(11)14/h1-10H,18H2,(H,19,20). The second-order valence-electron chi connectivity index (χ2n) is 4.64. The summed E-state index contributed by atoms with van der Waals surface area (Å²) in [7, 11) is 0. The van der Waals surface area contributed by atoms with Crippen molar-refractivity contribution in [3.63, 3.8) is 0 Å². The van der Waals surface area contributed by atoms with Crippen molar-refractivity contribution in [2.75, 3.05) is 5.73 Å². The molecule has 0 saturated heterocycles. The van der Waals surface area contributed by atoms with Crippen LogP contribution in [0, 0.1) is 0 Å². The number of anilines is 1. The van der Waals surface area contributed by atoms with Crippen LogP contribution >= 0.6 is 0 Å². The summed E-state index contributed by atoms with van der Waals surface area (Å²) in [6, 6.07) is 18.6. The van der Waals surface area contributed by atoms with E-state index in [1.807, 2.05) is 42.5 Å². The first kappa shape index (κ1) is 12.2. The van der Waals surface area contributed by atoms with Gasteiger partial charge in [0.25, 0.3) is 0 Å². The van der Waals surface area contributed by atoms with E-state index < -0.39 is 5.97 Å². The minimum Gasteiger partial charge on any atom is -0.478 e. The van der Waals surface area contributed by atoms with E-state index in [4.69, 9.17) is 5.73 Å². The van der Waals surface area contributed by atoms with Crippen LogP contribution in [0.25, 0.3) is 21.9 Å². The van der Waals surface area contributed by atoms with Crippen LogP contribution in [-0.2, 0) is 0 Å². The third-order valence-corrected chi connectivity index (χ3v) is 3.35. The van der Waals surface area contributed by atoms with Crippen molar-refractivity contribution in [1.82, 2.24) is 0 Å². The highest BCUT2D eigenvalue weighted by molar-refractivity contribution is 6.04. The fraction of sp³-hybridized carbons (Fsp3) is 0. The molecule has 0 heterocycles. The van der Waals surface area contributed by atoms with Gasteiger partial charge in [0, 0.05) is 5.69 Å². The van der Waals surface area contributed by atoms with Gasteiger partial charge in [-0.15, -0.1) is 0 Å². The molecule has 0 spiro atoms. The van der Waals surface area contributed by atoms with Crippen molar-refractivity contribution in [2.45, 2.75) is 0 Å². The van der Waals surface area contributed by atoms with Crippen LogP contribution in [0.1, 0.15) is 10.4 Å². The first-order chi connectivity index (χ1) is 9.66. The summed E-state index contributed by atoms with van der Waals surface area (Å²) in [6.07, 6.45) is 0. The van der Waals surface area contributed by atoms with Crippen molar-refractivity contribution in [3.05, 3.63) is 66.2 Å². The Morgan fingerprint density at radius 1 is 0.900 bits per heavy atom. The van der Waals surface area contributed by atoms with E-state index in [1.54, 1.807) is 18.2 Å². The molecule has 3 aromatic carbocycles. The Bertz CT molecular complexity index is 804. The summed E-state index contributed by atoms with van der Waals surface area (Å²) in [5.41, 5.74) is 8.16. The van der Waals surface area contributed by atoms with E-state index in [-0.39, 0.29) is 5.56 Å². The van der Waals surface area contributed by atoms with Crippen molar-refractivity contribution in [2.24, 2.45) is 0 Å². The Morgan fingerprint density at radius 2 is 1.65 bits per heavy atom. The van der Waals surface area contributed by atoms with Crippen LogP contribution in [0.5, 0.6) is 0 Å². The number of hydrogen-bond donors (Lipinski definition) is 2. The van der Waals surface area contributed by atoms with Gasteiger partial charge in [-0.3, -0.25) is 0 Å². The molecule has 3 aromatic rings. The molecule has 0 atom stereocenters. The van der Waals surface area contributed by atoms with Crippen molar-refractivity contribution >= 4 is 22.4 Å². The molecule has 0 bridgehead atoms. The van der Waals surface area contributed by atoms with Crippen molar-refractivity contribution in [3.8, 4) is 11.1 Å². The summed E-state index contributed by atoms with van der Waals surface area (Å²) in [5.74, 6) is -0.951. The molecule has 0 aliphatic heterocycles. The van der Waals surface area contributed by atoms with Crippen molar-refractivity contribution < 1.29 is 9.90 Å². The van der Waals surface area contributed by atoms with E-state index in [9.17, 15) is 9.90 Å². The number of nitrogen functional groups attached to an aromatic ring is 1. The summed E-state index contributed by atoms with van der Waals surface area (Å²) in [4.78, 5) is 11.4. The zero-order valence-electron chi connectivity index (χ0n) is 10.7. The molecule has 0 aliphatic rings. The van der Waals surface area contributed by atoms with Crippen LogP contribution < -0.4 is 5.73 Å². The normalized spacial score (nSPS) is 10.6. The van der Waals surface area contributed by atoms with E-state index >= 15 is 0 Å². The van der Waals surface area contributed by atoms with E-state index in [0.717, 1.165) is 16.3 Å². The smallest absolute Gasteiger partial charge is 0.336 e. The van der Waals surface area contributed by atoms with Gasteiger partial charge in [-0.25, -0.2) is 4.79 Å². The lowest BCUT2D eigenvalue weighted by Gasteiger charge is -2.10. The van der Waals surface area contributed by atoms with Gasteiger partial charge >= 0.3 is 5.97 Å². The third-order valence-electron chi connectivity index (χ3n) is 3.35. The van der Waals surface area contributed by atoms with Crippen molar-refractivity contribution in [1.29, 1.82) is 0 Å². The van der Waals surface area contributed by atoms with Gasteiger partial charge < -0.3 is 10.8 Å². The minimum atomic E-state index is -0.951. The molecule has 3 rings (SSSR count). The number of aromatic carboxylic acids is 1. The number of carbonyl (C=O) groups is 1. The predicted molar refractivity (Wildman–Crippen MR) is 80.8 cm³/mol. The quantitative estimate of drug-likeness (QED) is 0.691. The molecule has 0 aromatic heterocycles. The Morgan fingerprint density at radius 3 is 2.45 bits per heavy atom. The van der Waals surface area contributed by atoms with E-state index in [0.29, 0.717) is 11.3 Å². The van der Waals surface area contributed by atoms with Crippen LogP contribution in [-0.4, -0.2) is 11.1 Å². The zero-order valence-corrected chi connectivity index (χ0v) is 10.7. The topological polar surface area (TPSA) is 63.3 Å². The van der Waals surface area contributed by atoms with Gasteiger partial charge in [-0.1, -0.05) is 42.5 Å². The Labute approximate surface area is 116 Å². The highest BCUT2D eigenvalue weighted by Crippen LogP contribution is 2.32. The Hall–Kier alpha value is -2.81. The summed E-state index contributed by atoms with van der Waals surface area (Å²) < 4.78 is 0. The first-order valence-corrected chi connectivity index (χ1v) is 6.28. The van der Waals surface area contributed by atoms with E-state index in [2.05, 4.69) is 0 Å². The fourth-order valence-corrected chi connectivity index (χ4v) is 2.43. The molecule has 20 heavy (non-hydrogen) atoms. The number of nitrogens with two attached hydrogens (primary N) is 1. The van der Waals surface area contributed by atoms with Crippen LogP contribution in [0.4, 0.5) is 5.69 Å². The van der Waals surface area contributed by atoms with Gasteiger partial charge in [0.15, 0.2) is 0 Å². The highest BCUT2D eigenvalue weighted by Gasteiger charge is 2.13. The maximum absolute atomic E-state index is 11.4. The van der Waals surface area contributed by atoms with Gasteiger partial charge in [0.2, 0.25) is 0 Å². The number of carboxylic acid groups (broad SMARTS) is 1. The first-order valence-electron chi connectivity index (χ1n) is 6.28. The number of carboxylic acids is 1. The molecule has 0 aliphatic carbocycles. The number of benzene rings is 3. The summed E-state index contributed by atoms with van der Waals surface area (Å²) >= 11 is 0. The summed E-state index contributed by atoms with van der Waals surface area (Å²) in [6.45, 7) is 0. The Kier molecular flexibility index (Phi) is 2.88. The summed E-state index contributed by atoms with van der Waals surface area (Å²) in [5, 5.41) is 11.4. The number of hydrogen-bond acceptors (Lipinski definition) is 2. The molecule has 0 unspecified atom stereocenters. The second-order valence-corrected chi connectivity index (χ2v) is 4.64. The molecular weight excluding hydrogens is 250 g/mol. The minimum absolute atomic E-state index is 0.260. The highest BCUT2D eigenvalue weighted by atomic mass is 16.4. The predicted octanol–water partition coefficient (Wildman–Crippen LogP) is 3.79. The zero-order chi connectivity index (χ0) is 14.1. The van der Waals surface area contributed by atoms with Gasteiger partial charge in [-0.05, 0) is 40.1 Å². The molecule has 3 nitrogen and oxygen atoms in total. The van der Waals surface area contributed by atoms with Gasteiger partial charge in [0.1, 0.15) is 0 Å². The number of fused-ring (bicyclic) bond motifs is 1. The molecule has 3 N–H and O–H groups in total.